The highest BCUT2D eigenvalue weighted by molar-refractivity contribution is 14.0. The van der Waals surface area contributed by atoms with E-state index in [9.17, 15) is 0 Å². The Hall–Kier alpha value is -0.860. The second-order valence-electron chi connectivity index (χ2n) is 6.32. The van der Waals surface area contributed by atoms with Crippen LogP contribution in [0.1, 0.15) is 25.3 Å². The average molecular weight is 460 g/mol. The molecule has 1 aromatic carbocycles. The third-order valence-corrected chi connectivity index (χ3v) is 4.60. The van der Waals surface area contributed by atoms with Gasteiger partial charge in [0.15, 0.2) is 5.96 Å². The first-order valence-electron chi connectivity index (χ1n) is 9.02. The Kier molecular flexibility index (Phi) is 11.1. The molecule has 142 valence electrons. The fourth-order valence-electron chi connectivity index (χ4n) is 3.30. The lowest BCUT2D eigenvalue weighted by atomic mass is 10.2. The molecule has 0 bridgehead atoms. The average Bonchev–Trinajstić information content (AvgIpc) is 3.06. The first-order chi connectivity index (χ1) is 11.7. The number of halogens is 1. The minimum atomic E-state index is 0. The van der Waals surface area contributed by atoms with E-state index in [1.807, 2.05) is 25.2 Å². The normalized spacial score (nSPS) is 18.0. The van der Waals surface area contributed by atoms with E-state index in [0.717, 1.165) is 25.6 Å². The lowest BCUT2D eigenvalue weighted by molar-refractivity contribution is 0.125. The maximum absolute atomic E-state index is 5.72. The quantitative estimate of drug-likeness (QED) is 0.281. The molecule has 1 aromatic rings. The van der Waals surface area contributed by atoms with Gasteiger partial charge in [0.25, 0.3) is 0 Å². The van der Waals surface area contributed by atoms with E-state index in [0.29, 0.717) is 19.3 Å². The molecular formula is C19H33IN4O. The van der Waals surface area contributed by atoms with E-state index in [2.05, 4.69) is 46.2 Å². The number of likely N-dealkylation sites (N-methyl/N-ethyl adjacent to an activating group) is 2. The number of benzene rings is 1. The summed E-state index contributed by atoms with van der Waals surface area (Å²) in [6.45, 7) is 7.74. The lowest BCUT2D eigenvalue weighted by Gasteiger charge is -2.29. The van der Waals surface area contributed by atoms with Gasteiger partial charge in [-0.05, 0) is 31.5 Å². The van der Waals surface area contributed by atoms with Crippen LogP contribution < -0.4 is 5.32 Å². The summed E-state index contributed by atoms with van der Waals surface area (Å²) in [5.41, 5.74) is 1.21. The highest BCUT2D eigenvalue weighted by atomic mass is 127. The summed E-state index contributed by atoms with van der Waals surface area (Å²) >= 11 is 0. The van der Waals surface area contributed by atoms with Crippen LogP contribution in [0.15, 0.2) is 35.3 Å². The van der Waals surface area contributed by atoms with Crippen LogP contribution >= 0.6 is 24.0 Å². The molecule has 0 saturated carbocycles. The topological polar surface area (TPSA) is 40.1 Å². The van der Waals surface area contributed by atoms with Gasteiger partial charge >= 0.3 is 0 Å². The largest absolute Gasteiger partial charge is 0.375 e. The van der Waals surface area contributed by atoms with Gasteiger partial charge in [0.2, 0.25) is 0 Å². The zero-order valence-corrected chi connectivity index (χ0v) is 18.1. The van der Waals surface area contributed by atoms with Gasteiger partial charge in [0.05, 0.1) is 13.2 Å². The van der Waals surface area contributed by atoms with Crippen LogP contribution in [0.4, 0.5) is 0 Å². The molecule has 1 aliphatic heterocycles. The fourth-order valence-corrected chi connectivity index (χ4v) is 3.30. The molecule has 0 aromatic heterocycles. The maximum atomic E-state index is 5.72. The number of guanidine groups is 1. The number of rotatable bonds is 8. The highest BCUT2D eigenvalue weighted by Crippen LogP contribution is 2.17. The van der Waals surface area contributed by atoms with Gasteiger partial charge in [0.1, 0.15) is 0 Å². The van der Waals surface area contributed by atoms with Crippen molar-refractivity contribution in [1.82, 2.24) is 15.1 Å². The second kappa shape index (κ2) is 12.5. The summed E-state index contributed by atoms with van der Waals surface area (Å²) in [5.74, 6) is 0.946. The Morgan fingerprint density at radius 1 is 1.36 bits per heavy atom. The Labute approximate surface area is 169 Å². The van der Waals surface area contributed by atoms with Gasteiger partial charge in [-0.2, -0.15) is 0 Å². The van der Waals surface area contributed by atoms with Gasteiger partial charge in [-0.1, -0.05) is 37.3 Å². The highest BCUT2D eigenvalue weighted by Gasteiger charge is 2.24. The molecule has 1 N–H and O–H groups in total. The van der Waals surface area contributed by atoms with Gasteiger partial charge in [0, 0.05) is 33.2 Å². The smallest absolute Gasteiger partial charge is 0.193 e. The van der Waals surface area contributed by atoms with Crippen LogP contribution in [0.3, 0.4) is 0 Å². The molecule has 2 rings (SSSR count). The minimum Gasteiger partial charge on any atom is -0.375 e. The van der Waals surface area contributed by atoms with Gasteiger partial charge in [-0.3, -0.25) is 9.89 Å². The SMILES string of the molecule is CCN1CCCC1CN(C)C(=NC)NCCOCc1ccccc1.I. The molecule has 5 nitrogen and oxygen atoms in total. The third kappa shape index (κ3) is 7.50. The van der Waals surface area contributed by atoms with Crippen molar-refractivity contribution in [2.75, 3.05) is 46.9 Å². The van der Waals surface area contributed by atoms with Crippen molar-refractivity contribution in [3.05, 3.63) is 35.9 Å². The summed E-state index contributed by atoms with van der Waals surface area (Å²) < 4.78 is 5.72. The van der Waals surface area contributed by atoms with Crippen molar-refractivity contribution in [3.63, 3.8) is 0 Å². The molecule has 0 amide bonds. The van der Waals surface area contributed by atoms with Crippen LogP contribution in [0, 0.1) is 0 Å². The van der Waals surface area contributed by atoms with Crippen LogP contribution in [0.5, 0.6) is 0 Å². The first-order valence-corrected chi connectivity index (χ1v) is 9.02. The van der Waals surface area contributed by atoms with Crippen molar-refractivity contribution in [2.45, 2.75) is 32.4 Å². The molecule has 1 unspecified atom stereocenters. The molecule has 25 heavy (non-hydrogen) atoms. The van der Waals surface area contributed by atoms with Crippen LogP contribution in [-0.4, -0.2) is 68.7 Å². The maximum Gasteiger partial charge on any atom is 0.193 e. The third-order valence-electron chi connectivity index (χ3n) is 4.60. The molecular weight excluding hydrogens is 427 g/mol. The number of likely N-dealkylation sites (tertiary alicyclic amines) is 1. The Bertz CT molecular complexity index is 497. The number of ether oxygens (including phenoxy) is 1. The Balaban J connectivity index is 0.00000312. The van der Waals surface area contributed by atoms with E-state index >= 15 is 0 Å². The summed E-state index contributed by atoms with van der Waals surface area (Å²) in [5, 5.41) is 3.39. The standard InChI is InChI=1S/C19H32N4O.HI/c1-4-23-13-8-11-18(23)15-22(3)19(20-2)21-12-14-24-16-17-9-6-5-7-10-17;/h5-7,9-10,18H,4,8,11-16H2,1-3H3,(H,20,21);1H. The fraction of sp³-hybridized carbons (Fsp3) is 0.632. The van der Waals surface area contributed by atoms with E-state index < -0.39 is 0 Å². The Morgan fingerprint density at radius 3 is 2.80 bits per heavy atom. The van der Waals surface area contributed by atoms with Crippen LogP contribution in [0.2, 0.25) is 0 Å². The first kappa shape index (κ1) is 22.2. The molecule has 6 heteroatoms. The van der Waals surface area contributed by atoms with Gasteiger partial charge in [-0.15, -0.1) is 24.0 Å². The van der Waals surface area contributed by atoms with E-state index in [1.54, 1.807) is 0 Å². The van der Waals surface area contributed by atoms with Gasteiger partial charge < -0.3 is 15.0 Å². The van der Waals surface area contributed by atoms with E-state index in [4.69, 9.17) is 4.74 Å². The monoisotopic (exact) mass is 460 g/mol. The molecule has 0 aliphatic carbocycles. The number of nitrogens with zero attached hydrogens (tertiary/aromatic N) is 3. The van der Waals surface area contributed by atoms with Crippen molar-refractivity contribution in [2.24, 2.45) is 4.99 Å². The van der Waals surface area contributed by atoms with Crippen molar-refractivity contribution >= 4 is 29.9 Å². The number of nitrogens with one attached hydrogen (secondary N) is 1. The second-order valence-corrected chi connectivity index (χ2v) is 6.32. The number of hydrogen-bond donors (Lipinski definition) is 1. The molecule has 1 aliphatic rings. The molecule has 1 fully saturated rings. The zero-order chi connectivity index (χ0) is 17.2. The van der Waals surface area contributed by atoms with E-state index in [-0.39, 0.29) is 24.0 Å². The number of hydrogen-bond acceptors (Lipinski definition) is 3. The Morgan fingerprint density at radius 2 is 2.12 bits per heavy atom. The van der Waals surface area contributed by atoms with Crippen LogP contribution in [0.25, 0.3) is 0 Å². The molecule has 0 spiro atoms. The van der Waals surface area contributed by atoms with Crippen molar-refractivity contribution in [1.29, 1.82) is 0 Å². The van der Waals surface area contributed by atoms with Crippen LogP contribution in [-0.2, 0) is 11.3 Å². The van der Waals surface area contributed by atoms with E-state index in [1.165, 1.54) is 24.9 Å². The summed E-state index contributed by atoms with van der Waals surface area (Å²) in [6, 6.07) is 10.9. The van der Waals surface area contributed by atoms with Gasteiger partial charge in [-0.25, -0.2) is 0 Å². The molecule has 0 radical (unpaired) electrons. The zero-order valence-electron chi connectivity index (χ0n) is 15.8. The summed E-state index contributed by atoms with van der Waals surface area (Å²) in [4.78, 5) is 9.19. The summed E-state index contributed by atoms with van der Waals surface area (Å²) in [7, 11) is 3.96. The van der Waals surface area contributed by atoms with Crippen molar-refractivity contribution < 1.29 is 4.74 Å². The predicted octanol–water partition coefficient (Wildman–Crippen LogP) is 2.81. The predicted molar refractivity (Wildman–Crippen MR) is 116 cm³/mol. The van der Waals surface area contributed by atoms with Crippen molar-refractivity contribution in [3.8, 4) is 0 Å². The minimum absolute atomic E-state index is 0. The molecule has 1 saturated heterocycles. The molecule has 1 heterocycles. The number of aliphatic imine (C=N–C) groups is 1. The molecule has 1 atom stereocenters. The lowest BCUT2D eigenvalue weighted by Crippen LogP contribution is -2.46. The summed E-state index contributed by atoms with van der Waals surface area (Å²) in [6.07, 6.45) is 2.60.